The lowest BCUT2D eigenvalue weighted by Gasteiger charge is -2.25. The molecule has 0 aliphatic heterocycles. The monoisotopic (exact) mass is 207 g/mol. The molecule has 0 bridgehead atoms. The van der Waals surface area contributed by atoms with Crippen molar-refractivity contribution in [2.75, 3.05) is 0 Å². The molecule has 3 atom stereocenters. The van der Waals surface area contributed by atoms with E-state index in [1.165, 1.54) is 0 Å². The Bertz CT molecular complexity index is 233. The van der Waals surface area contributed by atoms with Crippen molar-refractivity contribution >= 4 is 17.6 Å². The lowest BCUT2D eigenvalue weighted by atomic mass is 9.86. The Morgan fingerprint density at radius 3 is 2.54 bits per heavy atom. The summed E-state index contributed by atoms with van der Waals surface area (Å²) in [7, 11) is 0. The lowest BCUT2D eigenvalue weighted by Crippen LogP contribution is -2.36. The van der Waals surface area contributed by atoms with Crippen molar-refractivity contribution in [3.8, 4) is 0 Å². The van der Waals surface area contributed by atoms with E-state index in [9.17, 15) is 14.9 Å². The Morgan fingerprint density at radius 1 is 1.54 bits per heavy atom. The van der Waals surface area contributed by atoms with Crippen molar-refractivity contribution in [1.82, 2.24) is 0 Å². The van der Waals surface area contributed by atoms with Gasteiger partial charge in [-0.3, -0.25) is 14.9 Å². The van der Waals surface area contributed by atoms with Gasteiger partial charge in [0.15, 0.2) is 0 Å². The van der Waals surface area contributed by atoms with Gasteiger partial charge in [-0.25, -0.2) is 0 Å². The Morgan fingerprint density at radius 2 is 2.15 bits per heavy atom. The van der Waals surface area contributed by atoms with E-state index >= 15 is 0 Å². The molecule has 0 heterocycles. The molecule has 0 amide bonds. The molecule has 74 valence electrons. The first-order valence-corrected chi connectivity index (χ1v) is 4.46. The highest BCUT2D eigenvalue weighted by molar-refractivity contribution is 6.22. The van der Waals surface area contributed by atoms with E-state index in [0.717, 1.165) is 0 Å². The van der Waals surface area contributed by atoms with E-state index in [1.54, 1.807) is 0 Å². The van der Waals surface area contributed by atoms with Gasteiger partial charge in [0.2, 0.25) is 6.04 Å². The zero-order chi connectivity index (χ0) is 10.0. The zero-order valence-electron chi connectivity index (χ0n) is 6.85. The number of aliphatic carboxylic acids is 1. The van der Waals surface area contributed by atoms with Crippen LogP contribution < -0.4 is 0 Å². The first kappa shape index (κ1) is 10.2. The van der Waals surface area contributed by atoms with Crippen LogP contribution in [0.1, 0.15) is 19.3 Å². The van der Waals surface area contributed by atoms with Crippen LogP contribution in [-0.2, 0) is 4.79 Å². The molecule has 0 spiro atoms. The third-order valence-electron chi connectivity index (χ3n) is 2.36. The van der Waals surface area contributed by atoms with Gasteiger partial charge in [-0.1, -0.05) is 0 Å². The van der Waals surface area contributed by atoms with Gasteiger partial charge >= 0.3 is 5.97 Å². The van der Waals surface area contributed by atoms with E-state index in [0.29, 0.717) is 12.8 Å². The van der Waals surface area contributed by atoms with Crippen LogP contribution in [-0.4, -0.2) is 27.4 Å². The predicted octanol–water partition coefficient (Wildman–Crippen LogP) is 1.12. The number of carboxylic acid groups (broad SMARTS) is 1. The average molecular weight is 208 g/mol. The molecule has 1 saturated carbocycles. The molecule has 0 radical (unpaired) electrons. The number of hydrogen-bond acceptors (Lipinski definition) is 3. The number of nitro groups is 1. The molecule has 1 aliphatic rings. The third kappa shape index (κ3) is 2.30. The molecule has 0 aromatic rings. The summed E-state index contributed by atoms with van der Waals surface area (Å²) in [4.78, 5) is 20.6. The second kappa shape index (κ2) is 3.91. The van der Waals surface area contributed by atoms with E-state index < -0.39 is 23.3 Å². The van der Waals surface area contributed by atoms with E-state index in [-0.39, 0.29) is 11.3 Å². The molecule has 0 saturated heterocycles. The summed E-state index contributed by atoms with van der Waals surface area (Å²) in [5, 5.41) is 18.4. The second-order valence-electron chi connectivity index (χ2n) is 3.21. The number of rotatable bonds is 2. The normalized spacial score (nSPS) is 34.1. The van der Waals surface area contributed by atoms with Gasteiger partial charge in [0.1, 0.15) is 0 Å². The molecule has 1 fully saturated rings. The summed E-state index contributed by atoms with van der Waals surface area (Å²) >= 11 is 5.73. The minimum Gasteiger partial charge on any atom is -0.481 e. The molecule has 3 unspecified atom stereocenters. The second-order valence-corrected chi connectivity index (χ2v) is 3.77. The van der Waals surface area contributed by atoms with Crippen LogP contribution in [0, 0.1) is 16.0 Å². The summed E-state index contributed by atoms with van der Waals surface area (Å²) in [6, 6.07) is -0.668. The van der Waals surface area contributed by atoms with Gasteiger partial charge < -0.3 is 5.11 Å². The van der Waals surface area contributed by atoms with Crippen LogP contribution in [0.5, 0.6) is 0 Å². The molecule has 13 heavy (non-hydrogen) atoms. The minimum atomic E-state index is -0.957. The summed E-state index contributed by atoms with van der Waals surface area (Å²) < 4.78 is 0. The summed E-state index contributed by atoms with van der Waals surface area (Å²) in [6.07, 6.45) is 0.772. The van der Waals surface area contributed by atoms with Crippen molar-refractivity contribution < 1.29 is 14.8 Å². The van der Waals surface area contributed by atoms with Crippen molar-refractivity contribution in [3.63, 3.8) is 0 Å². The maximum Gasteiger partial charge on any atom is 0.308 e. The van der Waals surface area contributed by atoms with Crippen molar-refractivity contribution in [1.29, 1.82) is 0 Å². The van der Waals surface area contributed by atoms with Gasteiger partial charge in [0.05, 0.1) is 11.3 Å². The van der Waals surface area contributed by atoms with Crippen molar-refractivity contribution in [2.45, 2.75) is 30.7 Å². The van der Waals surface area contributed by atoms with Crippen LogP contribution in [0.2, 0.25) is 0 Å². The molecule has 1 aliphatic carbocycles. The topological polar surface area (TPSA) is 80.4 Å². The maximum absolute atomic E-state index is 10.6. The van der Waals surface area contributed by atoms with Crippen LogP contribution in [0.25, 0.3) is 0 Å². The number of alkyl halides is 1. The van der Waals surface area contributed by atoms with E-state index in [4.69, 9.17) is 16.7 Å². The van der Waals surface area contributed by atoms with Gasteiger partial charge in [0.25, 0.3) is 0 Å². The Hall–Kier alpha value is -0.840. The number of carboxylic acids is 1. The average Bonchev–Trinajstić information content (AvgIpc) is 2.03. The van der Waals surface area contributed by atoms with Crippen LogP contribution >= 0.6 is 11.6 Å². The van der Waals surface area contributed by atoms with Crippen LogP contribution in [0.3, 0.4) is 0 Å². The van der Waals surface area contributed by atoms with Crippen molar-refractivity contribution in [2.24, 2.45) is 5.92 Å². The Labute approximate surface area is 79.8 Å². The number of halogens is 1. The van der Waals surface area contributed by atoms with Gasteiger partial charge in [-0.05, 0) is 6.42 Å². The highest BCUT2D eigenvalue weighted by Crippen LogP contribution is 2.30. The number of carbonyl (C=O) groups is 1. The first-order chi connectivity index (χ1) is 6.02. The quantitative estimate of drug-likeness (QED) is 0.418. The molecule has 0 aromatic heterocycles. The number of hydrogen-bond donors (Lipinski definition) is 1. The van der Waals surface area contributed by atoms with E-state index in [1.807, 2.05) is 0 Å². The molecule has 1 N–H and O–H groups in total. The molecule has 5 nitrogen and oxygen atoms in total. The number of nitrogens with zero attached hydrogens (tertiary/aromatic N) is 1. The van der Waals surface area contributed by atoms with E-state index in [2.05, 4.69) is 0 Å². The van der Waals surface area contributed by atoms with Crippen LogP contribution in [0.15, 0.2) is 0 Å². The smallest absolute Gasteiger partial charge is 0.308 e. The fourth-order valence-electron chi connectivity index (χ4n) is 1.56. The molecule has 0 aromatic carbocycles. The van der Waals surface area contributed by atoms with Gasteiger partial charge in [-0.15, -0.1) is 11.6 Å². The molecular weight excluding hydrogens is 198 g/mol. The maximum atomic E-state index is 10.6. The predicted molar refractivity (Wildman–Crippen MR) is 45.4 cm³/mol. The molecule has 6 heteroatoms. The molecule has 1 rings (SSSR count). The van der Waals surface area contributed by atoms with Crippen molar-refractivity contribution in [3.05, 3.63) is 10.1 Å². The Balaban J connectivity index is 2.56. The fraction of sp³-hybridized carbons (Fsp3) is 0.857. The highest BCUT2D eigenvalue weighted by atomic mass is 35.5. The first-order valence-electron chi connectivity index (χ1n) is 4.02. The fourth-order valence-corrected chi connectivity index (χ4v) is 2.00. The largest absolute Gasteiger partial charge is 0.481 e. The molecular formula is C7H10ClNO4. The van der Waals surface area contributed by atoms with Gasteiger partial charge in [-0.2, -0.15) is 0 Å². The lowest BCUT2D eigenvalue weighted by molar-refractivity contribution is -0.526. The van der Waals surface area contributed by atoms with Crippen LogP contribution in [0.4, 0.5) is 0 Å². The highest BCUT2D eigenvalue weighted by Gasteiger charge is 2.38. The third-order valence-corrected chi connectivity index (χ3v) is 2.84. The minimum absolute atomic E-state index is 0.158. The summed E-state index contributed by atoms with van der Waals surface area (Å²) in [6.45, 7) is 0. The zero-order valence-corrected chi connectivity index (χ0v) is 7.61. The summed E-state index contributed by atoms with van der Waals surface area (Å²) in [5.41, 5.74) is 0. The summed E-state index contributed by atoms with van der Waals surface area (Å²) in [5.74, 6) is -1.58. The standard InChI is InChI=1S/C7H10ClNO4/c8-6-3-4(9(12)13)1-2-5(6)7(10)11/h4-6H,1-3H2,(H,10,11). The SMILES string of the molecule is O=C(O)C1CCC([N+](=O)[O-])CC1Cl. The van der Waals surface area contributed by atoms with Gasteiger partial charge in [0, 0.05) is 17.8 Å². The Kier molecular flexibility index (Phi) is 3.08.